The van der Waals surface area contributed by atoms with E-state index >= 15 is 0 Å². The van der Waals surface area contributed by atoms with Gasteiger partial charge in [-0.2, -0.15) is 0 Å². The second-order valence-electron chi connectivity index (χ2n) is 4.94. The Hall–Kier alpha value is -0.0800. The lowest BCUT2D eigenvalue weighted by molar-refractivity contribution is 0.0519. The van der Waals surface area contributed by atoms with E-state index in [4.69, 9.17) is 4.74 Å². The van der Waals surface area contributed by atoms with Crippen molar-refractivity contribution in [2.45, 2.75) is 39.2 Å². The minimum atomic E-state index is 0.637. The second kappa shape index (κ2) is 3.58. The van der Waals surface area contributed by atoms with Crippen LogP contribution in [0.2, 0.25) is 0 Å². The van der Waals surface area contributed by atoms with Crippen molar-refractivity contribution in [3.05, 3.63) is 0 Å². The monoisotopic (exact) mass is 183 g/mol. The maximum atomic E-state index is 5.40. The van der Waals surface area contributed by atoms with Crippen molar-refractivity contribution < 1.29 is 4.74 Å². The molecule has 76 valence electrons. The minimum Gasteiger partial charge on any atom is -0.381 e. The minimum absolute atomic E-state index is 0.637. The van der Waals surface area contributed by atoms with Crippen LogP contribution in [-0.4, -0.2) is 25.8 Å². The number of nitrogens with one attached hydrogen (secondary N) is 1. The first-order chi connectivity index (χ1) is 6.23. The molecule has 2 rings (SSSR count). The Bertz CT molecular complexity index is 173. The molecule has 1 aliphatic carbocycles. The number of ether oxygens (including phenoxy) is 1. The fourth-order valence-corrected chi connectivity index (χ4v) is 2.49. The Labute approximate surface area is 81.0 Å². The molecule has 1 atom stereocenters. The van der Waals surface area contributed by atoms with Gasteiger partial charge in [-0.05, 0) is 37.1 Å². The van der Waals surface area contributed by atoms with Crippen molar-refractivity contribution in [3.63, 3.8) is 0 Å². The molecular formula is C11H21NO. The molecule has 0 radical (unpaired) electrons. The van der Waals surface area contributed by atoms with Crippen LogP contribution in [0.15, 0.2) is 0 Å². The third-order valence-electron chi connectivity index (χ3n) is 3.62. The molecule has 1 heterocycles. The molecule has 2 fully saturated rings. The maximum Gasteiger partial charge on any atom is 0.0471 e. The number of hydrogen-bond acceptors (Lipinski definition) is 2. The highest BCUT2D eigenvalue weighted by Gasteiger charge is 2.53. The summed E-state index contributed by atoms with van der Waals surface area (Å²) >= 11 is 0. The quantitative estimate of drug-likeness (QED) is 0.720. The Morgan fingerprint density at radius 3 is 2.69 bits per heavy atom. The van der Waals surface area contributed by atoms with Gasteiger partial charge in [0, 0.05) is 19.3 Å². The van der Waals surface area contributed by atoms with Gasteiger partial charge in [-0.3, -0.25) is 0 Å². The lowest BCUT2D eigenvalue weighted by atomic mass is 9.94. The molecule has 0 bridgehead atoms. The average Bonchev–Trinajstić information content (AvgIpc) is 2.77. The van der Waals surface area contributed by atoms with Gasteiger partial charge < -0.3 is 10.1 Å². The van der Waals surface area contributed by atoms with E-state index in [0.717, 1.165) is 19.1 Å². The van der Waals surface area contributed by atoms with Gasteiger partial charge in [-0.15, -0.1) is 0 Å². The first-order valence-electron chi connectivity index (χ1n) is 5.54. The molecule has 2 aliphatic rings. The summed E-state index contributed by atoms with van der Waals surface area (Å²) in [5, 5.41) is 3.54. The largest absolute Gasteiger partial charge is 0.381 e. The molecule has 2 nitrogen and oxygen atoms in total. The first kappa shape index (κ1) is 9.47. The fraction of sp³-hybridized carbons (Fsp3) is 1.00. The molecule has 1 N–H and O–H groups in total. The highest BCUT2D eigenvalue weighted by Crippen LogP contribution is 2.58. The van der Waals surface area contributed by atoms with Crippen molar-refractivity contribution in [1.29, 1.82) is 0 Å². The molecule has 1 unspecified atom stereocenters. The molecule has 0 amide bonds. The third kappa shape index (κ3) is 2.05. The highest BCUT2D eigenvalue weighted by molar-refractivity contribution is 5.03. The van der Waals surface area contributed by atoms with Crippen LogP contribution in [-0.2, 0) is 4.74 Å². The van der Waals surface area contributed by atoms with E-state index in [0.29, 0.717) is 11.5 Å². The SMILES string of the molecule is CC(C)NCC1CC12CCOCC2. The van der Waals surface area contributed by atoms with Crippen molar-refractivity contribution in [3.8, 4) is 0 Å². The van der Waals surface area contributed by atoms with E-state index in [9.17, 15) is 0 Å². The van der Waals surface area contributed by atoms with Crippen molar-refractivity contribution in [2.24, 2.45) is 11.3 Å². The van der Waals surface area contributed by atoms with Crippen molar-refractivity contribution >= 4 is 0 Å². The Kier molecular flexibility index (Phi) is 2.61. The Balaban J connectivity index is 1.73. The normalized spacial score (nSPS) is 31.2. The molecular weight excluding hydrogens is 162 g/mol. The lowest BCUT2D eigenvalue weighted by Gasteiger charge is -2.23. The van der Waals surface area contributed by atoms with Crippen molar-refractivity contribution in [1.82, 2.24) is 5.32 Å². The first-order valence-corrected chi connectivity index (χ1v) is 5.54. The molecule has 13 heavy (non-hydrogen) atoms. The topological polar surface area (TPSA) is 21.3 Å². The van der Waals surface area contributed by atoms with Crippen molar-refractivity contribution in [2.75, 3.05) is 19.8 Å². The zero-order valence-electron chi connectivity index (χ0n) is 8.81. The lowest BCUT2D eigenvalue weighted by Crippen LogP contribution is -2.28. The summed E-state index contributed by atoms with van der Waals surface area (Å²) in [5.41, 5.74) is 0.695. The van der Waals surface area contributed by atoms with Gasteiger partial charge in [0.05, 0.1) is 0 Å². The summed E-state index contributed by atoms with van der Waals surface area (Å²) in [5.74, 6) is 0.943. The third-order valence-corrected chi connectivity index (χ3v) is 3.62. The number of hydrogen-bond donors (Lipinski definition) is 1. The van der Waals surface area contributed by atoms with Crippen LogP contribution in [0.25, 0.3) is 0 Å². The fourth-order valence-electron chi connectivity index (χ4n) is 2.49. The van der Waals surface area contributed by atoms with Gasteiger partial charge >= 0.3 is 0 Å². The summed E-state index contributed by atoms with van der Waals surface area (Å²) in [6.45, 7) is 7.66. The molecule has 1 saturated heterocycles. The summed E-state index contributed by atoms with van der Waals surface area (Å²) in [6, 6.07) is 0.637. The molecule has 0 aromatic carbocycles. The summed E-state index contributed by atoms with van der Waals surface area (Å²) in [4.78, 5) is 0. The molecule has 0 aromatic rings. The van der Waals surface area contributed by atoms with Crippen LogP contribution in [0, 0.1) is 11.3 Å². The second-order valence-corrected chi connectivity index (χ2v) is 4.94. The van der Waals surface area contributed by atoms with Crippen LogP contribution in [0.1, 0.15) is 33.1 Å². The standard InChI is InChI=1S/C11H21NO/c1-9(2)12-8-10-7-11(10)3-5-13-6-4-11/h9-10,12H,3-8H2,1-2H3. The van der Waals surface area contributed by atoms with Gasteiger partial charge in [0.2, 0.25) is 0 Å². The molecule has 1 saturated carbocycles. The predicted molar refractivity (Wildman–Crippen MR) is 53.7 cm³/mol. The van der Waals surface area contributed by atoms with Gasteiger partial charge in [0.1, 0.15) is 0 Å². The van der Waals surface area contributed by atoms with E-state index in [1.807, 2.05) is 0 Å². The van der Waals surface area contributed by atoms with Crippen LogP contribution in [0.4, 0.5) is 0 Å². The number of rotatable bonds is 3. The van der Waals surface area contributed by atoms with Crippen LogP contribution >= 0.6 is 0 Å². The highest BCUT2D eigenvalue weighted by atomic mass is 16.5. The Morgan fingerprint density at radius 1 is 1.38 bits per heavy atom. The van der Waals surface area contributed by atoms with E-state index in [1.54, 1.807) is 0 Å². The van der Waals surface area contributed by atoms with E-state index in [-0.39, 0.29) is 0 Å². The van der Waals surface area contributed by atoms with E-state index < -0.39 is 0 Å². The zero-order valence-corrected chi connectivity index (χ0v) is 8.81. The van der Waals surface area contributed by atoms with E-state index in [2.05, 4.69) is 19.2 Å². The summed E-state index contributed by atoms with van der Waals surface area (Å²) < 4.78 is 5.40. The van der Waals surface area contributed by atoms with Crippen LogP contribution in [0.5, 0.6) is 0 Å². The molecule has 2 heteroatoms. The van der Waals surface area contributed by atoms with Crippen LogP contribution < -0.4 is 5.32 Å². The maximum absolute atomic E-state index is 5.40. The zero-order chi connectivity index (χ0) is 9.31. The summed E-state index contributed by atoms with van der Waals surface area (Å²) in [7, 11) is 0. The molecule has 0 aromatic heterocycles. The van der Waals surface area contributed by atoms with Gasteiger partial charge in [-0.25, -0.2) is 0 Å². The smallest absolute Gasteiger partial charge is 0.0471 e. The van der Waals surface area contributed by atoms with E-state index in [1.165, 1.54) is 25.8 Å². The predicted octanol–water partition coefficient (Wildman–Crippen LogP) is 1.80. The van der Waals surface area contributed by atoms with Gasteiger partial charge in [-0.1, -0.05) is 13.8 Å². The Morgan fingerprint density at radius 2 is 2.08 bits per heavy atom. The molecule has 1 aliphatic heterocycles. The van der Waals surface area contributed by atoms with Gasteiger partial charge in [0.25, 0.3) is 0 Å². The van der Waals surface area contributed by atoms with Crippen LogP contribution in [0.3, 0.4) is 0 Å². The summed E-state index contributed by atoms with van der Waals surface area (Å²) in [6.07, 6.45) is 4.05. The molecule has 1 spiro atoms. The van der Waals surface area contributed by atoms with Gasteiger partial charge in [0.15, 0.2) is 0 Å². The average molecular weight is 183 g/mol.